The number of rotatable bonds is 5. The van der Waals surface area contributed by atoms with Crippen LogP contribution in [-0.2, 0) is 21.5 Å². The van der Waals surface area contributed by atoms with Gasteiger partial charge in [-0.15, -0.1) is 0 Å². The molecule has 0 radical (unpaired) electrons. The molecule has 2 aliphatic carbocycles. The van der Waals surface area contributed by atoms with Crippen LogP contribution in [0.5, 0.6) is 0 Å². The van der Waals surface area contributed by atoms with Crippen molar-refractivity contribution < 1.29 is 14.7 Å². The highest BCUT2D eigenvalue weighted by Crippen LogP contribution is 2.46. The van der Waals surface area contributed by atoms with Crippen LogP contribution in [0.3, 0.4) is 0 Å². The van der Waals surface area contributed by atoms with Crippen LogP contribution >= 0.6 is 34.8 Å². The third kappa shape index (κ3) is 3.62. The fourth-order valence-corrected chi connectivity index (χ4v) is 5.10. The van der Waals surface area contributed by atoms with Crippen LogP contribution in [0.2, 0.25) is 15.1 Å². The first-order chi connectivity index (χ1) is 14.2. The molecule has 0 bridgehead atoms. The highest BCUT2D eigenvalue weighted by molar-refractivity contribution is 6.43. The molecular weight excluding hydrogens is 445 g/mol. The van der Waals surface area contributed by atoms with Crippen molar-refractivity contribution in [3.8, 4) is 0 Å². The minimum atomic E-state index is -0.911. The van der Waals surface area contributed by atoms with E-state index in [-0.39, 0.29) is 18.2 Å². The number of halogens is 3. The van der Waals surface area contributed by atoms with E-state index in [1.54, 1.807) is 18.2 Å². The van der Waals surface area contributed by atoms with Crippen LogP contribution in [0, 0.1) is 0 Å². The highest BCUT2D eigenvalue weighted by atomic mass is 35.5. The SMILES string of the molecule is CC1C(C(=O)NC2(c3ccc(CC(=O)O)cc3Cl)CCC2)=Cc2c1ccc(Cl)c2Cl. The number of hydrogen-bond donors (Lipinski definition) is 2. The molecule has 156 valence electrons. The summed E-state index contributed by atoms with van der Waals surface area (Å²) in [6.07, 6.45) is 4.25. The van der Waals surface area contributed by atoms with Crippen molar-refractivity contribution in [3.05, 3.63) is 73.2 Å². The van der Waals surface area contributed by atoms with E-state index in [4.69, 9.17) is 39.9 Å². The molecular formula is C23H20Cl3NO3. The molecule has 4 rings (SSSR count). The maximum absolute atomic E-state index is 13.2. The summed E-state index contributed by atoms with van der Waals surface area (Å²) in [5.74, 6) is -1.16. The van der Waals surface area contributed by atoms with Crippen LogP contribution in [-0.4, -0.2) is 17.0 Å². The molecule has 2 aromatic rings. The van der Waals surface area contributed by atoms with Gasteiger partial charge in [-0.3, -0.25) is 9.59 Å². The summed E-state index contributed by atoms with van der Waals surface area (Å²) in [4.78, 5) is 24.2. The molecule has 2 aliphatic rings. The minimum absolute atomic E-state index is 0.0919. The first-order valence-corrected chi connectivity index (χ1v) is 10.9. The molecule has 1 unspecified atom stereocenters. The predicted molar refractivity (Wildman–Crippen MR) is 119 cm³/mol. The maximum atomic E-state index is 13.2. The molecule has 0 heterocycles. The zero-order chi connectivity index (χ0) is 21.6. The van der Waals surface area contributed by atoms with Gasteiger partial charge in [-0.25, -0.2) is 0 Å². The summed E-state index contributed by atoms with van der Waals surface area (Å²) in [6.45, 7) is 1.97. The molecule has 0 saturated heterocycles. The molecule has 1 atom stereocenters. The van der Waals surface area contributed by atoms with E-state index in [1.165, 1.54) is 0 Å². The molecule has 0 spiro atoms. The van der Waals surface area contributed by atoms with Gasteiger partial charge in [-0.05, 0) is 59.7 Å². The van der Waals surface area contributed by atoms with E-state index >= 15 is 0 Å². The van der Waals surface area contributed by atoms with Crippen LogP contribution in [0.4, 0.5) is 0 Å². The van der Waals surface area contributed by atoms with Crippen LogP contribution in [0.25, 0.3) is 6.08 Å². The topological polar surface area (TPSA) is 66.4 Å². The monoisotopic (exact) mass is 463 g/mol. The summed E-state index contributed by atoms with van der Waals surface area (Å²) >= 11 is 19.0. The Bertz CT molecular complexity index is 1090. The van der Waals surface area contributed by atoms with Crippen molar-refractivity contribution >= 4 is 52.8 Å². The van der Waals surface area contributed by atoms with Gasteiger partial charge in [0.15, 0.2) is 0 Å². The standard InChI is InChI=1S/C23H20Cl3NO3/c1-12-14-4-6-18(24)21(26)16(14)11-15(12)22(30)27-23(7-2-8-23)17-5-3-13(9-19(17)25)10-20(28)29/h3-6,9,11-12H,2,7-8,10H2,1H3,(H,27,30)(H,28,29). The van der Waals surface area contributed by atoms with E-state index in [0.717, 1.165) is 36.0 Å². The van der Waals surface area contributed by atoms with Crippen LogP contribution < -0.4 is 5.32 Å². The zero-order valence-electron chi connectivity index (χ0n) is 16.3. The maximum Gasteiger partial charge on any atom is 0.307 e. The number of nitrogens with one attached hydrogen (secondary N) is 1. The third-order valence-electron chi connectivity index (χ3n) is 6.13. The number of carbonyl (C=O) groups is 2. The van der Waals surface area contributed by atoms with E-state index in [2.05, 4.69) is 5.32 Å². The van der Waals surface area contributed by atoms with E-state index in [0.29, 0.717) is 26.2 Å². The second-order valence-electron chi connectivity index (χ2n) is 7.96. The minimum Gasteiger partial charge on any atom is -0.481 e. The van der Waals surface area contributed by atoms with Crippen molar-refractivity contribution in [2.75, 3.05) is 0 Å². The smallest absolute Gasteiger partial charge is 0.307 e. The van der Waals surface area contributed by atoms with Crippen molar-refractivity contribution in [2.45, 2.75) is 44.1 Å². The molecule has 1 saturated carbocycles. The van der Waals surface area contributed by atoms with Crippen molar-refractivity contribution in [1.82, 2.24) is 5.32 Å². The molecule has 2 N–H and O–H groups in total. The van der Waals surface area contributed by atoms with Gasteiger partial charge in [0.05, 0.1) is 22.0 Å². The molecule has 4 nitrogen and oxygen atoms in total. The fraction of sp³-hybridized carbons (Fsp3) is 0.304. The van der Waals surface area contributed by atoms with Gasteiger partial charge in [0.2, 0.25) is 5.91 Å². The largest absolute Gasteiger partial charge is 0.481 e. The van der Waals surface area contributed by atoms with Crippen LogP contribution in [0.1, 0.15) is 54.4 Å². The van der Waals surface area contributed by atoms with Gasteiger partial charge < -0.3 is 10.4 Å². The predicted octanol–water partition coefficient (Wildman–Crippen LogP) is 5.97. The van der Waals surface area contributed by atoms with Gasteiger partial charge in [-0.2, -0.15) is 0 Å². The molecule has 30 heavy (non-hydrogen) atoms. The molecule has 2 aromatic carbocycles. The van der Waals surface area contributed by atoms with Crippen molar-refractivity contribution in [1.29, 1.82) is 0 Å². The van der Waals surface area contributed by atoms with Crippen molar-refractivity contribution in [2.24, 2.45) is 0 Å². The van der Waals surface area contributed by atoms with E-state index in [9.17, 15) is 9.59 Å². The van der Waals surface area contributed by atoms with Gasteiger partial charge in [0.1, 0.15) is 0 Å². The number of hydrogen-bond acceptors (Lipinski definition) is 2. The Morgan fingerprint density at radius 2 is 1.87 bits per heavy atom. The van der Waals surface area contributed by atoms with Crippen LogP contribution in [0.15, 0.2) is 35.9 Å². The summed E-state index contributed by atoms with van der Waals surface area (Å²) in [7, 11) is 0. The zero-order valence-corrected chi connectivity index (χ0v) is 18.5. The lowest BCUT2D eigenvalue weighted by atomic mass is 9.71. The van der Waals surface area contributed by atoms with E-state index in [1.807, 2.05) is 25.1 Å². The number of carbonyl (C=O) groups excluding carboxylic acids is 1. The number of carboxylic acid groups (broad SMARTS) is 1. The Labute approximate surface area is 189 Å². The van der Waals surface area contributed by atoms with E-state index < -0.39 is 11.5 Å². The lowest BCUT2D eigenvalue weighted by molar-refractivity contribution is -0.136. The number of carboxylic acids is 1. The Balaban J connectivity index is 1.61. The molecule has 0 aromatic heterocycles. The molecule has 1 amide bonds. The number of amides is 1. The molecule has 0 aliphatic heterocycles. The number of benzene rings is 2. The molecule has 1 fully saturated rings. The average molecular weight is 465 g/mol. The second-order valence-corrected chi connectivity index (χ2v) is 9.15. The van der Waals surface area contributed by atoms with Gasteiger partial charge >= 0.3 is 5.97 Å². The quantitative estimate of drug-likeness (QED) is 0.573. The van der Waals surface area contributed by atoms with Gasteiger partial charge in [0.25, 0.3) is 0 Å². The van der Waals surface area contributed by atoms with Gasteiger partial charge in [0, 0.05) is 16.5 Å². The lowest BCUT2D eigenvalue weighted by Crippen LogP contribution is -2.51. The first kappa shape index (κ1) is 21.2. The second kappa shape index (κ2) is 7.92. The summed E-state index contributed by atoms with van der Waals surface area (Å²) in [5.41, 5.74) is 3.31. The lowest BCUT2D eigenvalue weighted by Gasteiger charge is -2.44. The Hall–Kier alpha value is -2.01. The molecule has 7 heteroatoms. The normalized spacial score (nSPS) is 18.9. The van der Waals surface area contributed by atoms with Crippen molar-refractivity contribution in [3.63, 3.8) is 0 Å². The number of aliphatic carboxylic acids is 1. The third-order valence-corrected chi connectivity index (χ3v) is 7.26. The Morgan fingerprint density at radius 1 is 1.13 bits per heavy atom. The Morgan fingerprint density at radius 3 is 2.47 bits per heavy atom. The average Bonchev–Trinajstić information content (AvgIpc) is 2.99. The highest BCUT2D eigenvalue weighted by Gasteiger charge is 2.43. The first-order valence-electron chi connectivity index (χ1n) is 9.74. The fourth-order valence-electron chi connectivity index (χ4n) is 4.33. The summed E-state index contributed by atoms with van der Waals surface area (Å²) < 4.78 is 0. The van der Waals surface area contributed by atoms with Gasteiger partial charge in [-0.1, -0.05) is 59.9 Å². The summed E-state index contributed by atoms with van der Waals surface area (Å²) in [5, 5.41) is 13.6. The number of fused-ring (bicyclic) bond motifs is 1. The Kier molecular flexibility index (Phi) is 5.60. The summed E-state index contributed by atoms with van der Waals surface area (Å²) in [6, 6.07) is 8.92.